The Kier molecular flexibility index (Phi) is 3.92. The molecule has 0 saturated carbocycles. The predicted octanol–water partition coefficient (Wildman–Crippen LogP) is 3.10. The van der Waals surface area contributed by atoms with Crippen LogP contribution in [0.1, 0.15) is 35.7 Å². The largest absolute Gasteiger partial charge is 0.378 e. The molecule has 0 fully saturated rings. The summed E-state index contributed by atoms with van der Waals surface area (Å²) in [4.78, 5) is 1.96. The van der Waals surface area contributed by atoms with Crippen LogP contribution in [0.25, 0.3) is 0 Å². The van der Waals surface area contributed by atoms with Gasteiger partial charge in [-0.25, -0.2) is 4.39 Å². The number of anilines is 1. The van der Waals surface area contributed by atoms with Gasteiger partial charge in [0.2, 0.25) is 0 Å². The maximum Gasteiger partial charge on any atom is 0.129 e. The molecule has 0 saturated heterocycles. The van der Waals surface area contributed by atoms with Gasteiger partial charge in [-0.3, -0.25) is 5.10 Å². The molecule has 112 valence electrons. The number of hydrogen-bond donors (Lipinski definition) is 2. The van der Waals surface area contributed by atoms with Gasteiger partial charge in [-0.15, -0.1) is 0 Å². The zero-order chi connectivity index (χ0) is 14.8. The van der Waals surface area contributed by atoms with E-state index in [0.717, 1.165) is 30.5 Å². The number of fused-ring (bicyclic) bond motifs is 1. The van der Waals surface area contributed by atoms with Crippen LogP contribution < -0.4 is 5.32 Å². The van der Waals surface area contributed by atoms with Crippen LogP contribution in [0.2, 0.25) is 0 Å². The van der Waals surface area contributed by atoms with Gasteiger partial charge in [0.15, 0.2) is 0 Å². The Labute approximate surface area is 124 Å². The summed E-state index contributed by atoms with van der Waals surface area (Å²) in [6, 6.07) is 5.62. The van der Waals surface area contributed by atoms with Crippen molar-refractivity contribution in [2.45, 2.75) is 31.8 Å². The summed E-state index contributed by atoms with van der Waals surface area (Å²) in [5.74, 6) is -0.156. The van der Waals surface area contributed by atoms with Crippen LogP contribution in [0.3, 0.4) is 0 Å². The number of nitrogens with one attached hydrogen (secondary N) is 2. The highest BCUT2D eigenvalue weighted by molar-refractivity contribution is 5.48. The number of halogens is 1. The molecule has 2 aromatic rings. The van der Waals surface area contributed by atoms with Crippen molar-refractivity contribution in [3.8, 4) is 0 Å². The van der Waals surface area contributed by atoms with E-state index in [1.165, 1.54) is 11.3 Å². The molecule has 3 rings (SSSR count). The highest BCUT2D eigenvalue weighted by Gasteiger charge is 2.21. The zero-order valence-corrected chi connectivity index (χ0v) is 12.5. The first kappa shape index (κ1) is 14.1. The Hall–Kier alpha value is -1.88. The van der Waals surface area contributed by atoms with Gasteiger partial charge in [0.05, 0.1) is 12.2 Å². The van der Waals surface area contributed by atoms with Gasteiger partial charge in [-0.1, -0.05) is 6.07 Å². The van der Waals surface area contributed by atoms with Gasteiger partial charge in [0, 0.05) is 29.1 Å². The highest BCUT2D eigenvalue weighted by Crippen LogP contribution is 2.31. The molecular weight excluding hydrogens is 267 g/mol. The first-order valence-corrected chi connectivity index (χ1v) is 7.35. The molecule has 4 nitrogen and oxygen atoms in total. The van der Waals surface area contributed by atoms with E-state index in [2.05, 4.69) is 15.5 Å². The van der Waals surface area contributed by atoms with Gasteiger partial charge in [-0.2, -0.15) is 5.10 Å². The molecule has 1 aromatic carbocycles. The Morgan fingerprint density at radius 1 is 1.43 bits per heavy atom. The smallest absolute Gasteiger partial charge is 0.129 e. The normalized spacial score (nSPS) is 17.8. The maximum atomic E-state index is 14.1. The molecular formula is C16H21FN4. The fourth-order valence-electron chi connectivity index (χ4n) is 2.92. The van der Waals surface area contributed by atoms with Crippen LogP contribution in [0.15, 0.2) is 24.4 Å². The summed E-state index contributed by atoms with van der Waals surface area (Å²) >= 11 is 0. The molecule has 1 unspecified atom stereocenters. The number of H-pyrrole nitrogens is 1. The Morgan fingerprint density at radius 3 is 3.05 bits per heavy atom. The van der Waals surface area contributed by atoms with E-state index in [0.29, 0.717) is 6.54 Å². The molecule has 1 atom stereocenters. The summed E-state index contributed by atoms with van der Waals surface area (Å²) in [6.45, 7) is 0.613. The van der Waals surface area contributed by atoms with E-state index < -0.39 is 0 Å². The fourth-order valence-corrected chi connectivity index (χ4v) is 2.92. The van der Waals surface area contributed by atoms with Gasteiger partial charge in [0.1, 0.15) is 5.82 Å². The molecule has 0 spiro atoms. The van der Waals surface area contributed by atoms with Gasteiger partial charge < -0.3 is 10.2 Å². The molecule has 1 aliphatic rings. The van der Waals surface area contributed by atoms with E-state index in [1.807, 2.05) is 37.3 Å². The Bertz CT molecular complexity index is 620. The van der Waals surface area contributed by atoms with Crippen LogP contribution in [0, 0.1) is 5.82 Å². The lowest BCUT2D eigenvalue weighted by atomic mass is 9.93. The van der Waals surface area contributed by atoms with E-state index in [4.69, 9.17) is 0 Å². The summed E-state index contributed by atoms with van der Waals surface area (Å²) in [7, 11) is 3.88. The number of aromatic nitrogens is 2. The minimum Gasteiger partial charge on any atom is -0.378 e. The molecule has 0 amide bonds. The zero-order valence-electron chi connectivity index (χ0n) is 12.5. The quantitative estimate of drug-likeness (QED) is 0.908. The van der Waals surface area contributed by atoms with Crippen molar-refractivity contribution in [3.05, 3.63) is 47.0 Å². The summed E-state index contributed by atoms with van der Waals surface area (Å²) < 4.78 is 14.1. The standard InChI is InChI=1S/C16H21FN4/c1-21(2)10-11-6-7-12(8-14(11)17)19-15-4-3-5-16-13(15)9-18-20-16/h6-9,15,19H,3-5,10H2,1-2H3,(H,18,20). The van der Waals surface area contributed by atoms with Gasteiger partial charge >= 0.3 is 0 Å². The van der Waals surface area contributed by atoms with Crippen molar-refractivity contribution in [1.29, 1.82) is 0 Å². The van der Waals surface area contributed by atoms with Crippen molar-refractivity contribution in [3.63, 3.8) is 0 Å². The van der Waals surface area contributed by atoms with Crippen LogP contribution >= 0.6 is 0 Å². The third kappa shape index (κ3) is 3.08. The number of hydrogen-bond acceptors (Lipinski definition) is 3. The lowest BCUT2D eigenvalue weighted by Crippen LogP contribution is -2.17. The fraction of sp³-hybridized carbons (Fsp3) is 0.438. The first-order chi connectivity index (χ1) is 10.1. The molecule has 2 N–H and O–H groups in total. The van der Waals surface area contributed by atoms with Crippen LogP contribution in [0.4, 0.5) is 10.1 Å². The Morgan fingerprint density at radius 2 is 2.29 bits per heavy atom. The molecule has 5 heteroatoms. The van der Waals surface area contributed by atoms with E-state index in [9.17, 15) is 4.39 Å². The number of nitrogens with zero attached hydrogens (tertiary/aromatic N) is 2. The molecule has 0 aliphatic heterocycles. The molecule has 1 aromatic heterocycles. The maximum absolute atomic E-state index is 14.1. The Balaban J connectivity index is 1.76. The van der Waals surface area contributed by atoms with Gasteiger partial charge in [0.25, 0.3) is 0 Å². The topological polar surface area (TPSA) is 44.0 Å². The molecule has 1 heterocycles. The van der Waals surface area contributed by atoms with Crippen LogP contribution in [-0.4, -0.2) is 29.2 Å². The second kappa shape index (κ2) is 5.85. The third-order valence-corrected chi connectivity index (χ3v) is 3.93. The number of benzene rings is 1. The van der Waals surface area contributed by atoms with E-state index in [1.54, 1.807) is 6.07 Å². The van der Waals surface area contributed by atoms with E-state index >= 15 is 0 Å². The lowest BCUT2D eigenvalue weighted by molar-refractivity contribution is 0.392. The van der Waals surface area contributed by atoms with Crippen molar-refractivity contribution < 1.29 is 4.39 Å². The summed E-state index contributed by atoms with van der Waals surface area (Å²) in [5.41, 5.74) is 3.95. The molecule has 0 bridgehead atoms. The minimum atomic E-state index is -0.156. The highest BCUT2D eigenvalue weighted by atomic mass is 19.1. The third-order valence-electron chi connectivity index (χ3n) is 3.93. The lowest BCUT2D eigenvalue weighted by Gasteiger charge is -2.24. The number of aryl methyl sites for hydroxylation is 1. The van der Waals surface area contributed by atoms with Crippen LogP contribution in [-0.2, 0) is 13.0 Å². The van der Waals surface area contributed by atoms with Gasteiger partial charge in [-0.05, 0) is 45.5 Å². The second-order valence-electron chi connectivity index (χ2n) is 5.94. The van der Waals surface area contributed by atoms with Crippen molar-refractivity contribution >= 4 is 5.69 Å². The average Bonchev–Trinajstić information content (AvgIpc) is 2.91. The summed E-state index contributed by atoms with van der Waals surface area (Å²) in [5, 5.41) is 10.6. The summed E-state index contributed by atoms with van der Waals surface area (Å²) in [6.07, 6.45) is 5.09. The van der Waals surface area contributed by atoms with E-state index in [-0.39, 0.29) is 11.9 Å². The average molecular weight is 288 g/mol. The first-order valence-electron chi connectivity index (χ1n) is 7.35. The van der Waals surface area contributed by atoms with Crippen LogP contribution in [0.5, 0.6) is 0 Å². The molecule has 21 heavy (non-hydrogen) atoms. The monoisotopic (exact) mass is 288 g/mol. The van der Waals surface area contributed by atoms with Crippen molar-refractivity contribution in [2.75, 3.05) is 19.4 Å². The number of rotatable bonds is 4. The SMILES string of the molecule is CN(C)Cc1ccc(NC2CCCc3[nH]ncc32)cc1F. The predicted molar refractivity (Wildman–Crippen MR) is 81.7 cm³/mol. The second-order valence-corrected chi connectivity index (χ2v) is 5.94. The molecule has 0 radical (unpaired) electrons. The van der Waals surface area contributed by atoms with Crippen molar-refractivity contribution in [2.24, 2.45) is 0 Å². The molecule has 1 aliphatic carbocycles. The minimum absolute atomic E-state index is 0.156. The van der Waals surface area contributed by atoms with Crippen molar-refractivity contribution in [1.82, 2.24) is 15.1 Å². The number of aromatic amines is 1.